The molecule has 1 unspecified atom stereocenters. The van der Waals surface area contributed by atoms with Gasteiger partial charge in [0.15, 0.2) is 15.8 Å². The summed E-state index contributed by atoms with van der Waals surface area (Å²) in [6.45, 7) is 2.06. The molecule has 0 amide bonds. The molecule has 0 spiro atoms. The zero-order chi connectivity index (χ0) is 21.3. The number of halogens is 1. The first kappa shape index (κ1) is 22.1. The second-order valence-corrected chi connectivity index (χ2v) is 8.41. The zero-order valence-electron chi connectivity index (χ0n) is 16.5. The predicted molar refractivity (Wildman–Crippen MR) is 120 cm³/mol. The molecule has 3 rings (SSSR count). The fourth-order valence-electron chi connectivity index (χ4n) is 2.50. The highest BCUT2D eigenvalue weighted by molar-refractivity contribution is 8.01. The average Bonchev–Trinajstić information content (AvgIpc) is 3.20. The van der Waals surface area contributed by atoms with Crippen molar-refractivity contribution in [2.45, 2.75) is 17.4 Å². The zero-order valence-corrected chi connectivity index (χ0v) is 18.2. The summed E-state index contributed by atoms with van der Waals surface area (Å²) >= 11 is 2.65. The van der Waals surface area contributed by atoms with Gasteiger partial charge in [-0.1, -0.05) is 53.4 Å². The van der Waals surface area contributed by atoms with Crippen LogP contribution in [0.2, 0.25) is 0 Å². The van der Waals surface area contributed by atoms with Crippen molar-refractivity contribution in [3.05, 3.63) is 59.9 Å². The number of nitrogens with one attached hydrogen (secondary N) is 1. The van der Waals surface area contributed by atoms with E-state index in [1.165, 1.54) is 29.2 Å². The lowest BCUT2D eigenvalue weighted by molar-refractivity contribution is 0.124. The molecular formula is C21H22FN3O3S2. The Morgan fingerprint density at radius 2 is 2.07 bits per heavy atom. The van der Waals surface area contributed by atoms with Crippen LogP contribution in [-0.4, -0.2) is 40.9 Å². The molecule has 1 heterocycles. The molecule has 158 valence electrons. The van der Waals surface area contributed by atoms with Crippen LogP contribution < -0.4 is 14.8 Å². The molecule has 0 saturated heterocycles. The maximum atomic E-state index is 13.7. The Hall–Kier alpha value is -2.62. The molecule has 9 heteroatoms. The topological polar surface area (TPSA) is 76.5 Å². The van der Waals surface area contributed by atoms with Gasteiger partial charge in [0.25, 0.3) is 0 Å². The Morgan fingerprint density at radius 3 is 2.83 bits per heavy atom. The number of ether oxygens (including phenoxy) is 2. The maximum Gasteiger partial charge on any atom is 0.210 e. The highest BCUT2D eigenvalue weighted by Crippen LogP contribution is 2.30. The van der Waals surface area contributed by atoms with Gasteiger partial charge >= 0.3 is 0 Å². The number of allylic oxidation sites excluding steroid dienone is 1. The molecule has 3 aromatic rings. The maximum absolute atomic E-state index is 13.7. The molecule has 0 fully saturated rings. The Balaban J connectivity index is 1.49. The summed E-state index contributed by atoms with van der Waals surface area (Å²) in [6.07, 6.45) is 3.21. The SMILES string of the molecule is C/C=C/c1ccc(OCC(O)CSc2nnc(Nc3ccccc3F)s2)c(OC)c1. The van der Waals surface area contributed by atoms with Crippen molar-refractivity contribution < 1.29 is 19.0 Å². The largest absolute Gasteiger partial charge is 0.493 e. The van der Waals surface area contributed by atoms with Gasteiger partial charge in [-0.15, -0.1) is 10.2 Å². The van der Waals surface area contributed by atoms with E-state index in [-0.39, 0.29) is 12.4 Å². The van der Waals surface area contributed by atoms with Gasteiger partial charge in [-0.25, -0.2) is 4.39 Å². The molecule has 6 nitrogen and oxygen atoms in total. The molecule has 0 radical (unpaired) electrons. The summed E-state index contributed by atoms with van der Waals surface area (Å²) in [4.78, 5) is 0. The van der Waals surface area contributed by atoms with Crippen LogP contribution in [0.25, 0.3) is 6.08 Å². The summed E-state index contributed by atoms with van der Waals surface area (Å²) in [5.41, 5.74) is 1.35. The number of aliphatic hydroxyl groups is 1. The molecule has 0 aliphatic rings. The van der Waals surface area contributed by atoms with Crippen LogP contribution in [-0.2, 0) is 0 Å². The summed E-state index contributed by atoms with van der Waals surface area (Å²) < 4.78 is 25.4. The van der Waals surface area contributed by atoms with Crippen LogP contribution in [0.4, 0.5) is 15.2 Å². The number of nitrogens with zero attached hydrogens (tertiary/aromatic N) is 2. The Labute approximate surface area is 182 Å². The molecule has 1 atom stereocenters. The minimum Gasteiger partial charge on any atom is -0.493 e. The second kappa shape index (κ2) is 11.0. The van der Waals surface area contributed by atoms with Gasteiger partial charge in [0.1, 0.15) is 12.4 Å². The van der Waals surface area contributed by atoms with E-state index in [0.29, 0.717) is 32.4 Å². The van der Waals surface area contributed by atoms with Crippen molar-refractivity contribution in [2.75, 3.05) is 24.8 Å². The predicted octanol–water partition coefficient (Wildman–Crippen LogP) is 4.99. The lowest BCUT2D eigenvalue weighted by atomic mass is 10.2. The Morgan fingerprint density at radius 1 is 1.23 bits per heavy atom. The third kappa shape index (κ3) is 6.19. The number of aliphatic hydroxyl groups excluding tert-OH is 1. The number of thioether (sulfide) groups is 1. The quantitative estimate of drug-likeness (QED) is 0.424. The number of methoxy groups -OCH3 is 1. The highest BCUT2D eigenvalue weighted by atomic mass is 32.2. The van der Waals surface area contributed by atoms with Gasteiger partial charge in [-0.3, -0.25) is 0 Å². The van der Waals surface area contributed by atoms with E-state index in [1.54, 1.807) is 25.3 Å². The number of rotatable bonds is 10. The van der Waals surface area contributed by atoms with Crippen LogP contribution in [0.3, 0.4) is 0 Å². The smallest absolute Gasteiger partial charge is 0.210 e. The standard InChI is InChI=1S/C21H22FN3O3S2/c1-3-6-14-9-10-18(19(11-14)27-2)28-12-15(26)13-29-21-25-24-20(30-21)23-17-8-5-4-7-16(17)22/h3-11,15,26H,12-13H2,1-2H3,(H,23,24)/b6-3+. The molecule has 0 aliphatic carbocycles. The molecule has 2 N–H and O–H groups in total. The molecule has 30 heavy (non-hydrogen) atoms. The lowest BCUT2D eigenvalue weighted by Gasteiger charge is -2.14. The van der Waals surface area contributed by atoms with Crippen LogP contribution >= 0.6 is 23.1 Å². The molecule has 2 aromatic carbocycles. The number of aromatic nitrogens is 2. The van der Waals surface area contributed by atoms with E-state index in [2.05, 4.69) is 15.5 Å². The van der Waals surface area contributed by atoms with Gasteiger partial charge < -0.3 is 19.9 Å². The van der Waals surface area contributed by atoms with E-state index in [0.717, 1.165) is 5.56 Å². The number of benzene rings is 2. The van der Waals surface area contributed by atoms with Crippen LogP contribution in [0, 0.1) is 5.82 Å². The Kier molecular flexibility index (Phi) is 8.06. The summed E-state index contributed by atoms with van der Waals surface area (Å²) in [7, 11) is 1.58. The normalized spacial score (nSPS) is 12.1. The minimum absolute atomic E-state index is 0.117. The molecule has 0 aliphatic heterocycles. The molecule has 0 saturated carbocycles. The van der Waals surface area contributed by atoms with Crippen LogP contribution in [0.5, 0.6) is 11.5 Å². The second-order valence-electron chi connectivity index (χ2n) is 6.16. The van der Waals surface area contributed by atoms with Gasteiger partial charge in [-0.2, -0.15) is 0 Å². The number of anilines is 2. The highest BCUT2D eigenvalue weighted by Gasteiger charge is 2.13. The summed E-state index contributed by atoms with van der Waals surface area (Å²) in [6, 6.07) is 12.0. The van der Waals surface area contributed by atoms with Crippen molar-refractivity contribution in [3.8, 4) is 11.5 Å². The van der Waals surface area contributed by atoms with Crippen molar-refractivity contribution in [2.24, 2.45) is 0 Å². The average molecular weight is 448 g/mol. The number of hydrogen-bond donors (Lipinski definition) is 2. The third-order valence-corrected chi connectivity index (χ3v) is 6.02. The van der Waals surface area contributed by atoms with Crippen molar-refractivity contribution in [1.82, 2.24) is 10.2 Å². The fraction of sp³-hybridized carbons (Fsp3) is 0.238. The van der Waals surface area contributed by atoms with Crippen molar-refractivity contribution in [3.63, 3.8) is 0 Å². The minimum atomic E-state index is -0.707. The monoisotopic (exact) mass is 447 g/mol. The van der Waals surface area contributed by atoms with E-state index in [1.807, 2.05) is 37.3 Å². The number of para-hydroxylation sites is 1. The lowest BCUT2D eigenvalue weighted by Crippen LogP contribution is -2.20. The molecular weight excluding hydrogens is 425 g/mol. The van der Waals surface area contributed by atoms with Crippen molar-refractivity contribution >= 4 is 40.0 Å². The third-order valence-electron chi connectivity index (χ3n) is 3.90. The summed E-state index contributed by atoms with van der Waals surface area (Å²) in [5.74, 6) is 1.21. The first-order valence-corrected chi connectivity index (χ1v) is 11.0. The van der Waals surface area contributed by atoms with Gasteiger partial charge in [0, 0.05) is 5.75 Å². The molecule has 0 bridgehead atoms. The van der Waals surface area contributed by atoms with E-state index in [9.17, 15) is 9.50 Å². The molecule has 1 aromatic heterocycles. The Bertz CT molecular complexity index is 997. The van der Waals surface area contributed by atoms with Gasteiger partial charge in [0.2, 0.25) is 5.13 Å². The van der Waals surface area contributed by atoms with Gasteiger partial charge in [-0.05, 0) is 36.8 Å². The van der Waals surface area contributed by atoms with Crippen LogP contribution in [0.15, 0.2) is 52.9 Å². The van der Waals surface area contributed by atoms with Gasteiger partial charge in [0.05, 0.1) is 18.9 Å². The summed E-state index contributed by atoms with van der Waals surface area (Å²) in [5, 5.41) is 21.7. The van der Waals surface area contributed by atoms with E-state index in [4.69, 9.17) is 9.47 Å². The van der Waals surface area contributed by atoms with E-state index < -0.39 is 6.10 Å². The van der Waals surface area contributed by atoms with Crippen molar-refractivity contribution in [1.29, 1.82) is 0 Å². The number of hydrogen-bond acceptors (Lipinski definition) is 8. The van der Waals surface area contributed by atoms with Crippen LogP contribution in [0.1, 0.15) is 12.5 Å². The van der Waals surface area contributed by atoms with E-state index >= 15 is 0 Å². The first-order chi connectivity index (χ1) is 14.6. The first-order valence-electron chi connectivity index (χ1n) is 9.18. The fourth-order valence-corrected chi connectivity index (χ4v) is 4.19.